The van der Waals surface area contributed by atoms with Gasteiger partial charge in [0, 0.05) is 16.5 Å². The van der Waals surface area contributed by atoms with Crippen molar-refractivity contribution in [2.75, 3.05) is 0 Å². The summed E-state index contributed by atoms with van der Waals surface area (Å²) in [6.07, 6.45) is -0.00255. The van der Waals surface area contributed by atoms with Crippen LogP contribution in [-0.2, 0) is 6.42 Å². The third-order valence-electron chi connectivity index (χ3n) is 2.53. The van der Waals surface area contributed by atoms with Crippen molar-refractivity contribution in [3.05, 3.63) is 68.7 Å². The highest BCUT2D eigenvalue weighted by molar-refractivity contribution is 9.10. The van der Waals surface area contributed by atoms with Crippen LogP contribution in [0.4, 0.5) is 8.78 Å². The van der Waals surface area contributed by atoms with Gasteiger partial charge in [-0.1, -0.05) is 27.5 Å². The zero-order valence-corrected chi connectivity index (χ0v) is 11.9. The minimum absolute atomic E-state index is 0.00255. The molecule has 0 saturated heterocycles. The number of carbonyl (C=O) groups is 1. The molecule has 98 valence electrons. The summed E-state index contributed by atoms with van der Waals surface area (Å²) < 4.78 is 27.0. The van der Waals surface area contributed by atoms with E-state index in [1.807, 2.05) is 0 Å². The lowest BCUT2D eigenvalue weighted by atomic mass is 10.0. The summed E-state index contributed by atoms with van der Waals surface area (Å²) in [5, 5.41) is -0.0370. The molecule has 2 aromatic carbocycles. The maximum atomic E-state index is 13.3. The number of rotatable bonds is 3. The van der Waals surface area contributed by atoms with Gasteiger partial charge in [-0.2, -0.15) is 0 Å². The molecule has 0 heterocycles. The molecule has 0 aliphatic heterocycles. The summed E-state index contributed by atoms with van der Waals surface area (Å²) in [6, 6.07) is 8.07. The second-order valence-electron chi connectivity index (χ2n) is 4.01. The molecule has 0 saturated carbocycles. The van der Waals surface area contributed by atoms with Gasteiger partial charge in [-0.25, -0.2) is 8.78 Å². The van der Waals surface area contributed by atoms with E-state index in [2.05, 4.69) is 15.9 Å². The third kappa shape index (κ3) is 3.61. The Balaban J connectivity index is 2.22. The molecule has 5 heteroatoms. The molecule has 0 radical (unpaired) electrons. The first-order valence-electron chi connectivity index (χ1n) is 5.39. The lowest BCUT2D eigenvalue weighted by Crippen LogP contribution is -2.04. The van der Waals surface area contributed by atoms with E-state index >= 15 is 0 Å². The Hall–Kier alpha value is -1.26. The summed E-state index contributed by atoms with van der Waals surface area (Å²) in [7, 11) is 0. The van der Waals surface area contributed by atoms with Crippen LogP contribution in [0.3, 0.4) is 0 Å². The number of hydrogen-bond acceptors (Lipinski definition) is 1. The Morgan fingerprint density at radius 3 is 2.53 bits per heavy atom. The fraction of sp³-hybridized carbons (Fsp3) is 0.0714. The second-order valence-corrected chi connectivity index (χ2v) is 5.33. The van der Waals surface area contributed by atoms with Gasteiger partial charge in [-0.15, -0.1) is 0 Å². The minimum Gasteiger partial charge on any atom is -0.294 e. The summed E-state index contributed by atoms with van der Waals surface area (Å²) in [6.45, 7) is 0. The number of halogens is 4. The van der Waals surface area contributed by atoms with E-state index in [9.17, 15) is 13.6 Å². The van der Waals surface area contributed by atoms with Crippen LogP contribution in [-0.4, -0.2) is 5.78 Å². The normalized spacial score (nSPS) is 10.5. The number of benzene rings is 2. The van der Waals surface area contributed by atoms with E-state index in [1.54, 1.807) is 6.07 Å². The van der Waals surface area contributed by atoms with Gasteiger partial charge in [-0.05, 0) is 42.0 Å². The van der Waals surface area contributed by atoms with Crippen LogP contribution in [0.15, 0.2) is 40.9 Å². The molecule has 0 aliphatic carbocycles. The molecule has 0 bridgehead atoms. The van der Waals surface area contributed by atoms with Crippen molar-refractivity contribution in [2.45, 2.75) is 6.42 Å². The molecule has 0 aromatic heterocycles. The quantitative estimate of drug-likeness (QED) is 0.730. The SMILES string of the molecule is O=C(Cc1cc(F)cc(Br)c1)c1ccc(Cl)c(F)c1. The lowest BCUT2D eigenvalue weighted by Gasteiger charge is -2.04. The first kappa shape index (κ1) is 14.2. The molecule has 0 aliphatic rings. The molecule has 1 nitrogen and oxygen atoms in total. The van der Waals surface area contributed by atoms with Crippen LogP contribution >= 0.6 is 27.5 Å². The maximum absolute atomic E-state index is 13.3. The van der Waals surface area contributed by atoms with Crippen molar-refractivity contribution in [1.29, 1.82) is 0 Å². The second kappa shape index (κ2) is 5.80. The van der Waals surface area contributed by atoms with Crippen molar-refractivity contribution in [3.63, 3.8) is 0 Å². The largest absolute Gasteiger partial charge is 0.294 e. The van der Waals surface area contributed by atoms with Gasteiger partial charge >= 0.3 is 0 Å². The van der Waals surface area contributed by atoms with Gasteiger partial charge in [-0.3, -0.25) is 4.79 Å². The summed E-state index contributed by atoms with van der Waals surface area (Å²) in [5.41, 5.74) is 0.731. The summed E-state index contributed by atoms with van der Waals surface area (Å²) in [5.74, 6) is -1.37. The van der Waals surface area contributed by atoms with Crippen molar-refractivity contribution < 1.29 is 13.6 Å². The van der Waals surface area contributed by atoms with E-state index in [4.69, 9.17) is 11.6 Å². The van der Waals surface area contributed by atoms with Crippen LogP contribution < -0.4 is 0 Å². The van der Waals surface area contributed by atoms with Crippen molar-refractivity contribution in [1.82, 2.24) is 0 Å². The Bertz CT molecular complexity index is 623. The molecule has 0 unspecified atom stereocenters. The van der Waals surface area contributed by atoms with Crippen LogP contribution in [0.1, 0.15) is 15.9 Å². The highest BCUT2D eigenvalue weighted by Crippen LogP contribution is 2.19. The monoisotopic (exact) mass is 344 g/mol. The predicted octanol–water partition coefficient (Wildman–Crippen LogP) is 4.81. The van der Waals surface area contributed by atoms with Crippen LogP contribution in [0, 0.1) is 11.6 Å². The van der Waals surface area contributed by atoms with Gasteiger partial charge in [0.1, 0.15) is 11.6 Å². The van der Waals surface area contributed by atoms with Crippen molar-refractivity contribution in [2.24, 2.45) is 0 Å². The standard InChI is InChI=1S/C14H8BrClF2O/c15-10-3-8(4-11(17)7-10)5-14(19)9-1-2-12(16)13(18)6-9/h1-4,6-7H,5H2. The molecule has 0 N–H and O–H groups in total. The number of hydrogen-bond donors (Lipinski definition) is 0. The molecule has 2 rings (SSSR count). The highest BCUT2D eigenvalue weighted by atomic mass is 79.9. The first-order chi connectivity index (χ1) is 8.95. The molecule has 0 amide bonds. The number of Topliss-reactive ketones (excluding diaryl/α,β-unsaturated/α-hetero) is 1. The Morgan fingerprint density at radius 2 is 1.89 bits per heavy atom. The van der Waals surface area contributed by atoms with Crippen LogP contribution in [0.5, 0.6) is 0 Å². The van der Waals surface area contributed by atoms with Gasteiger partial charge in [0.05, 0.1) is 5.02 Å². The van der Waals surface area contributed by atoms with Crippen LogP contribution in [0.2, 0.25) is 5.02 Å². The van der Waals surface area contributed by atoms with Crippen molar-refractivity contribution in [3.8, 4) is 0 Å². The molecule has 19 heavy (non-hydrogen) atoms. The van der Waals surface area contributed by atoms with Gasteiger partial charge in [0.15, 0.2) is 5.78 Å². The topological polar surface area (TPSA) is 17.1 Å². The average molecular weight is 346 g/mol. The van der Waals surface area contributed by atoms with E-state index < -0.39 is 11.6 Å². The molecule has 0 fully saturated rings. The zero-order chi connectivity index (χ0) is 14.0. The highest BCUT2D eigenvalue weighted by Gasteiger charge is 2.11. The molecular formula is C14H8BrClF2O. The molecular weight excluding hydrogens is 338 g/mol. The Labute approximate surface area is 122 Å². The average Bonchev–Trinajstić information content (AvgIpc) is 2.31. The lowest BCUT2D eigenvalue weighted by molar-refractivity contribution is 0.0992. The van der Waals surface area contributed by atoms with E-state index in [0.29, 0.717) is 10.0 Å². The van der Waals surface area contributed by atoms with Crippen molar-refractivity contribution >= 4 is 33.3 Å². The Kier molecular flexibility index (Phi) is 4.32. The molecule has 2 aromatic rings. The number of carbonyl (C=O) groups excluding carboxylic acids is 1. The fourth-order valence-corrected chi connectivity index (χ4v) is 2.30. The number of ketones is 1. The Morgan fingerprint density at radius 1 is 1.16 bits per heavy atom. The fourth-order valence-electron chi connectivity index (χ4n) is 1.67. The van der Waals surface area contributed by atoms with Gasteiger partial charge in [0.25, 0.3) is 0 Å². The van der Waals surface area contributed by atoms with Crippen LogP contribution in [0.25, 0.3) is 0 Å². The summed E-state index contributed by atoms with van der Waals surface area (Å²) in [4.78, 5) is 12.0. The van der Waals surface area contributed by atoms with Gasteiger partial charge < -0.3 is 0 Å². The molecule has 0 spiro atoms. The zero-order valence-electron chi connectivity index (χ0n) is 9.59. The van der Waals surface area contributed by atoms with Gasteiger partial charge in [0.2, 0.25) is 0 Å². The van der Waals surface area contributed by atoms with E-state index in [1.165, 1.54) is 24.3 Å². The van der Waals surface area contributed by atoms with E-state index in [-0.39, 0.29) is 22.8 Å². The predicted molar refractivity (Wildman–Crippen MR) is 73.5 cm³/mol. The maximum Gasteiger partial charge on any atom is 0.167 e. The summed E-state index contributed by atoms with van der Waals surface area (Å²) >= 11 is 8.70. The van der Waals surface area contributed by atoms with E-state index in [0.717, 1.165) is 6.07 Å². The minimum atomic E-state index is -0.645. The molecule has 0 atom stereocenters. The third-order valence-corrected chi connectivity index (χ3v) is 3.29. The first-order valence-corrected chi connectivity index (χ1v) is 6.56. The smallest absolute Gasteiger partial charge is 0.167 e.